The highest BCUT2D eigenvalue weighted by Crippen LogP contribution is 2.33. The molecule has 0 aliphatic carbocycles. The number of anilines is 1. The fraction of sp³-hybridized carbons (Fsp3) is 0.188. The lowest BCUT2D eigenvalue weighted by Gasteiger charge is -2.35. The molecule has 1 aliphatic rings. The van der Waals surface area contributed by atoms with Crippen LogP contribution in [0.1, 0.15) is 5.56 Å². The van der Waals surface area contributed by atoms with Gasteiger partial charge in [0, 0.05) is 5.69 Å². The van der Waals surface area contributed by atoms with Crippen molar-refractivity contribution in [2.75, 3.05) is 18.9 Å². The molecule has 20 heavy (non-hydrogen) atoms. The lowest BCUT2D eigenvalue weighted by Crippen LogP contribution is -2.45. The first-order valence-corrected chi connectivity index (χ1v) is 6.35. The summed E-state index contributed by atoms with van der Waals surface area (Å²) in [7, 11) is 0. The van der Waals surface area contributed by atoms with Gasteiger partial charge in [0.15, 0.2) is 0 Å². The lowest BCUT2D eigenvalue weighted by molar-refractivity contribution is -0.0298. The normalized spacial score (nSPS) is 15.9. The van der Waals surface area contributed by atoms with Crippen LogP contribution < -0.4 is 10.5 Å². The molecular weight excluding hydrogens is 252 g/mol. The van der Waals surface area contributed by atoms with E-state index in [1.165, 1.54) is 0 Å². The van der Waals surface area contributed by atoms with Crippen LogP contribution in [0.5, 0.6) is 11.5 Å². The Hall–Kier alpha value is -2.51. The minimum atomic E-state index is -0.486. The lowest BCUT2D eigenvalue weighted by atomic mass is 9.80. The van der Waals surface area contributed by atoms with E-state index in [0.29, 0.717) is 18.9 Å². The molecule has 1 aliphatic heterocycles. The molecule has 1 heterocycles. The molecule has 0 bridgehead atoms. The summed E-state index contributed by atoms with van der Waals surface area (Å²) >= 11 is 0. The Kier molecular flexibility index (Phi) is 3.05. The molecule has 1 fully saturated rings. The maximum Gasteiger partial charge on any atom is 0.129 e. The second kappa shape index (κ2) is 4.87. The molecule has 0 saturated carbocycles. The molecule has 1 saturated heterocycles. The molecule has 0 unspecified atom stereocenters. The van der Waals surface area contributed by atoms with Gasteiger partial charge in [-0.15, -0.1) is 0 Å². The summed E-state index contributed by atoms with van der Waals surface area (Å²) < 4.78 is 10.9. The average Bonchev–Trinajstić information content (AvgIpc) is 2.43. The Morgan fingerprint density at radius 2 is 1.55 bits per heavy atom. The molecular formula is C16H14N2O2. The number of nitrogen functional groups attached to an aromatic ring is 1. The van der Waals surface area contributed by atoms with E-state index in [1.807, 2.05) is 36.4 Å². The molecule has 2 aromatic rings. The van der Waals surface area contributed by atoms with Crippen LogP contribution in [0.3, 0.4) is 0 Å². The van der Waals surface area contributed by atoms with Gasteiger partial charge in [0.1, 0.15) is 16.9 Å². The van der Waals surface area contributed by atoms with Crippen molar-refractivity contribution in [1.29, 1.82) is 5.26 Å². The van der Waals surface area contributed by atoms with Crippen LogP contribution in [0.4, 0.5) is 5.69 Å². The van der Waals surface area contributed by atoms with E-state index in [4.69, 9.17) is 15.2 Å². The van der Waals surface area contributed by atoms with Crippen molar-refractivity contribution in [2.24, 2.45) is 0 Å². The molecule has 0 amide bonds. The quantitative estimate of drug-likeness (QED) is 0.867. The van der Waals surface area contributed by atoms with Crippen molar-refractivity contribution in [3.05, 3.63) is 54.1 Å². The number of rotatable bonds is 3. The summed E-state index contributed by atoms with van der Waals surface area (Å²) in [6.45, 7) is 0.920. The van der Waals surface area contributed by atoms with Crippen molar-refractivity contribution in [2.45, 2.75) is 5.41 Å². The maximum absolute atomic E-state index is 9.25. The van der Waals surface area contributed by atoms with Crippen LogP contribution in [0.25, 0.3) is 0 Å². The standard InChI is InChI=1S/C16H14N2O2/c17-9-16(10-19-11-16)12-1-5-14(6-2-12)20-15-7-3-13(18)4-8-15/h1-8H,10-11,18H2. The van der Waals surface area contributed by atoms with Crippen molar-refractivity contribution in [3.63, 3.8) is 0 Å². The summed E-state index contributed by atoms with van der Waals surface area (Å²) in [4.78, 5) is 0. The van der Waals surface area contributed by atoms with E-state index >= 15 is 0 Å². The monoisotopic (exact) mass is 266 g/mol. The first-order valence-electron chi connectivity index (χ1n) is 6.35. The molecule has 0 atom stereocenters. The van der Waals surface area contributed by atoms with Crippen molar-refractivity contribution in [1.82, 2.24) is 0 Å². The number of hydrogen-bond acceptors (Lipinski definition) is 4. The van der Waals surface area contributed by atoms with Gasteiger partial charge in [0.05, 0.1) is 19.3 Å². The fourth-order valence-electron chi connectivity index (χ4n) is 2.12. The van der Waals surface area contributed by atoms with Crippen LogP contribution in [0.2, 0.25) is 0 Å². The summed E-state index contributed by atoms with van der Waals surface area (Å²) in [5.74, 6) is 1.46. The molecule has 0 radical (unpaired) electrons. The first-order chi connectivity index (χ1) is 9.72. The van der Waals surface area contributed by atoms with Crippen LogP contribution in [-0.4, -0.2) is 13.2 Å². The number of nitriles is 1. The van der Waals surface area contributed by atoms with Gasteiger partial charge in [0.25, 0.3) is 0 Å². The fourth-order valence-corrected chi connectivity index (χ4v) is 2.12. The third kappa shape index (κ3) is 2.20. The van der Waals surface area contributed by atoms with Gasteiger partial charge in [0.2, 0.25) is 0 Å². The van der Waals surface area contributed by atoms with Crippen LogP contribution in [0.15, 0.2) is 48.5 Å². The SMILES string of the molecule is N#CC1(c2ccc(Oc3ccc(N)cc3)cc2)COC1. The van der Waals surface area contributed by atoms with Gasteiger partial charge in [-0.3, -0.25) is 0 Å². The van der Waals surface area contributed by atoms with E-state index in [1.54, 1.807) is 12.1 Å². The highest BCUT2D eigenvalue weighted by Gasteiger charge is 2.40. The topological polar surface area (TPSA) is 68.3 Å². The largest absolute Gasteiger partial charge is 0.457 e. The molecule has 4 heteroatoms. The Morgan fingerprint density at radius 1 is 1.00 bits per heavy atom. The molecule has 0 aromatic heterocycles. The van der Waals surface area contributed by atoms with Crippen molar-refractivity contribution < 1.29 is 9.47 Å². The summed E-state index contributed by atoms with van der Waals surface area (Å²) in [5.41, 5.74) is 6.81. The Labute approximate surface area is 117 Å². The summed E-state index contributed by atoms with van der Waals surface area (Å²) in [5, 5.41) is 9.25. The smallest absolute Gasteiger partial charge is 0.129 e. The number of benzene rings is 2. The number of nitrogens with zero attached hydrogens (tertiary/aromatic N) is 1. The first kappa shape index (κ1) is 12.5. The second-order valence-corrected chi connectivity index (χ2v) is 4.88. The molecule has 4 nitrogen and oxygen atoms in total. The van der Waals surface area contributed by atoms with E-state index in [0.717, 1.165) is 17.1 Å². The molecule has 3 rings (SSSR count). The molecule has 2 N–H and O–H groups in total. The molecule has 0 spiro atoms. The van der Waals surface area contributed by atoms with E-state index < -0.39 is 5.41 Å². The Morgan fingerprint density at radius 3 is 2.00 bits per heavy atom. The van der Waals surface area contributed by atoms with Crippen molar-refractivity contribution >= 4 is 5.69 Å². The van der Waals surface area contributed by atoms with E-state index in [9.17, 15) is 5.26 Å². The number of ether oxygens (including phenoxy) is 2. The molecule has 2 aromatic carbocycles. The van der Waals surface area contributed by atoms with Crippen molar-refractivity contribution in [3.8, 4) is 17.6 Å². The Balaban J connectivity index is 1.76. The van der Waals surface area contributed by atoms with Crippen LogP contribution in [-0.2, 0) is 10.2 Å². The molecule has 100 valence electrons. The number of hydrogen-bond donors (Lipinski definition) is 1. The van der Waals surface area contributed by atoms with Gasteiger partial charge >= 0.3 is 0 Å². The predicted molar refractivity (Wildman–Crippen MR) is 75.5 cm³/mol. The highest BCUT2D eigenvalue weighted by molar-refractivity contribution is 5.44. The predicted octanol–water partition coefficient (Wildman–Crippen LogP) is 2.85. The summed E-state index contributed by atoms with van der Waals surface area (Å²) in [6, 6.07) is 17.1. The average molecular weight is 266 g/mol. The van der Waals surface area contributed by atoms with E-state index in [2.05, 4.69) is 6.07 Å². The van der Waals surface area contributed by atoms with Gasteiger partial charge in [-0.1, -0.05) is 12.1 Å². The van der Waals surface area contributed by atoms with E-state index in [-0.39, 0.29) is 0 Å². The summed E-state index contributed by atoms with van der Waals surface area (Å²) in [6.07, 6.45) is 0. The second-order valence-electron chi connectivity index (χ2n) is 4.88. The van der Waals surface area contributed by atoms with Crippen LogP contribution in [0, 0.1) is 11.3 Å². The zero-order chi connectivity index (χ0) is 14.0. The van der Waals surface area contributed by atoms with Gasteiger partial charge < -0.3 is 15.2 Å². The Bertz CT molecular complexity index is 638. The zero-order valence-corrected chi connectivity index (χ0v) is 10.9. The minimum Gasteiger partial charge on any atom is -0.457 e. The minimum absolute atomic E-state index is 0.460. The zero-order valence-electron chi connectivity index (χ0n) is 10.9. The highest BCUT2D eigenvalue weighted by atomic mass is 16.5. The number of nitrogens with two attached hydrogens (primary N) is 1. The van der Waals surface area contributed by atoms with Gasteiger partial charge in [-0.2, -0.15) is 5.26 Å². The third-order valence-corrected chi connectivity index (χ3v) is 3.43. The van der Waals surface area contributed by atoms with Gasteiger partial charge in [-0.05, 0) is 42.0 Å². The third-order valence-electron chi connectivity index (χ3n) is 3.43. The maximum atomic E-state index is 9.25. The van der Waals surface area contributed by atoms with Crippen LogP contribution >= 0.6 is 0 Å². The van der Waals surface area contributed by atoms with Gasteiger partial charge in [-0.25, -0.2) is 0 Å².